The van der Waals surface area contributed by atoms with E-state index < -0.39 is 36.9 Å². The van der Waals surface area contributed by atoms with Crippen LogP contribution < -0.4 is 5.32 Å². The molecular formula is C20H24BCl2NO7. The molecule has 0 aliphatic carbocycles. The normalized spacial score (nSPS) is 16.8. The average Bonchev–Trinajstić information content (AvgIpc) is 3.07. The fourth-order valence-electron chi connectivity index (χ4n) is 3.22. The van der Waals surface area contributed by atoms with Crippen molar-refractivity contribution in [2.45, 2.75) is 45.0 Å². The summed E-state index contributed by atoms with van der Waals surface area (Å²) in [6.07, 6.45) is -0.760. The van der Waals surface area contributed by atoms with Gasteiger partial charge in [0, 0.05) is 17.3 Å². The zero-order chi connectivity index (χ0) is 23.1. The van der Waals surface area contributed by atoms with Gasteiger partial charge in [0.15, 0.2) is 11.9 Å². The van der Waals surface area contributed by atoms with E-state index >= 15 is 0 Å². The van der Waals surface area contributed by atoms with Crippen molar-refractivity contribution in [3.63, 3.8) is 0 Å². The monoisotopic (exact) mass is 471 g/mol. The van der Waals surface area contributed by atoms with E-state index in [2.05, 4.69) is 10.1 Å². The third kappa shape index (κ3) is 7.52. The Labute approximate surface area is 191 Å². The van der Waals surface area contributed by atoms with Gasteiger partial charge in [0.2, 0.25) is 0 Å². The smallest absolute Gasteiger partial charge is 0.507 e. The number of esters is 1. The third-order valence-corrected chi connectivity index (χ3v) is 5.21. The van der Waals surface area contributed by atoms with Gasteiger partial charge in [-0.05, 0) is 30.5 Å². The summed E-state index contributed by atoms with van der Waals surface area (Å²) in [4.78, 5) is 48.3. The third-order valence-electron chi connectivity index (χ3n) is 4.64. The van der Waals surface area contributed by atoms with Crippen LogP contribution in [0.25, 0.3) is 0 Å². The molecule has 8 nitrogen and oxygen atoms in total. The fraction of sp³-hybridized carbons (Fsp3) is 0.500. The van der Waals surface area contributed by atoms with E-state index in [4.69, 9.17) is 32.5 Å². The molecule has 0 radical (unpaired) electrons. The number of carbonyl (C=O) groups is 4. The molecule has 1 aromatic rings. The molecule has 1 N–H and O–H groups in total. The lowest BCUT2D eigenvalue weighted by molar-refractivity contribution is -0.147. The average molecular weight is 472 g/mol. The minimum atomic E-state index is -1.06. The zero-order valence-electron chi connectivity index (χ0n) is 17.5. The van der Waals surface area contributed by atoms with E-state index in [9.17, 15) is 19.2 Å². The Morgan fingerprint density at radius 1 is 1.26 bits per heavy atom. The van der Waals surface area contributed by atoms with Crippen LogP contribution in [0.4, 0.5) is 0 Å². The molecule has 0 spiro atoms. The van der Waals surface area contributed by atoms with Gasteiger partial charge in [-0.15, -0.1) is 0 Å². The van der Waals surface area contributed by atoms with Gasteiger partial charge < -0.3 is 19.4 Å². The first kappa shape index (κ1) is 25.2. The summed E-state index contributed by atoms with van der Waals surface area (Å²) in [5.74, 6) is -2.29. The largest absolute Gasteiger partial charge is 0.531 e. The van der Waals surface area contributed by atoms with E-state index in [0.717, 1.165) is 0 Å². The SMILES string of the molecule is COC(=O)C[C@@H]1OB([C@@H](CC(=O)CNC(=O)c2cc(Cl)ccc2Cl)CC(C)C)OC1=O. The number of halogens is 2. The van der Waals surface area contributed by atoms with E-state index in [0.29, 0.717) is 11.4 Å². The van der Waals surface area contributed by atoms with E-state index in [-0.39, 0.29) is 41.7 Å². The molecule has 1 saturated heterocycles. The molecule has 0 aromatic heterocycles. The van der Waals surface area contributed by atoms with Gasteiger partial charge in [0.25, 0.3) is 5.91 Å². The number of Topliss-reactive ketones (excluding diaryl/α,β-unsaturated/α-hetero) is 1. The lowest BCUT2D eigenvalue weighted by Crippen LogP contribution is -2.33. The van der Waals surface area contributed by atoms with Crippen molar-refractivity contribution < 1.29 is 33.2 Å². The number of ether oxygens (including phenoxy) is 1. The highest BCUT2D eigenvalue weighted by molar-refractivity contribution is 6.51. The van der Waals surface area contributed by atoms with E-state index in [1.165, 1.54) is 19.2 Å². The van der Waals surface area contributed by atoms with E-state index in [1.807, 2.05) is 13.8 Å². The highest BCUT2D eigenvalue weighted by Gasteiger charge is 2.46. The molecule has 11 heteroatoms. The number of benzene rings is 1. The Balaban J connectivity index is 1.96. The molecule has 1 aliphatic heterocycles. The molecule has 1 aromatic carbocycles. The number of ketones is 1. The van der Waals surface area contributed by atoms with Gasteiger partial charge in [0.1, 0.15) is 0 Å². The van der Waals surface area contributed by atoms with Gasteiger partial charge >= 0.3 is 19.1 Å². The molecular weight excluding hydrogens is 448 g/mol. The molecule has 168 valence electrons. The predicted molar refractivity (Wildman–Crippen MR) is 115 cm³/mol. The molecule has 2 atom stereocenters. The molecule has 0 saturated carbocycles. The second-order valence-electron chi connectivity index (χ2n) is 7.65. The van der Waals surface area contributed by atoms with Gasteiger partial charge in [0.05, 0.1) is 30.7 Å². The summed E-state index contributed by atoms with van der Waals surface area (Å²) in [6.45, 7) is 3.69. The quantitative estimate of drug-likeness (QED) is 0.412. The maximum Gasteiger partial charge on any atom is 0.531 e. The molecule has 1 amide bonds. The van der Waals surface area contributed by atoms with Crippen LogP contribution in [0, 0.1) is 5.92 Å². The lowest BCUT2D eigenvalue weighted by Gasteiger charge is -2.19. The minimum Gasteiger partial charge on any atom is -0.507 e. The highest BCUT2D eigenvalue weighted by Crippen LogP contribution is 2.31. The molecule has 31 heavy (non-hydrogen) atoms. The molecule has 1 fully saturated rings. The summed E-state index contributed by atoms with van der Waals surface area (Å²) < 4.78 is 15.4. The summed E-state index contributed by atoms with van der Waals surface area (Å²) in [5, 5.41) is 3.09. The Morgan fingerprint density at radius 2 is 1.97 bits per heavy atom. The van der Waals surface area contributed by atoms with Crippen molar-refractivity contribution in [2.75, 3.05) is 13.7 Å². The van der Waals surface area contributed by atoms with Crippen LogP contribution in [-0.2, 0) is 28.4 Å². The van der Waals surface area contributed by atoms with Crippen molar-refractivity contribution in [1.82, 2.24) is 5.32 Å². The van der Waals surface area contributed by atoms with Gasteiger partial charge in [-0.3, -0.25) is 19.2 Å². The number of hydrogen-bond acceptors (Lipinski definition) is 7. The van der Waals surface area contributed by atoms with Gasteiger partial charge in [-0.2, -0.15) is 0 Å². The number of methoxy groups -OCH3 is 1. The minimum absolute atomic E-state index is 0.0185. The first-order valence-corrected chi connectivity index (χ1v) is 10.5. The zero-order valence-corrected chi connectivity index (χ0v) is 19.0. The fourth-order valence-corrected chi connectivity index (χ4v) is 3.59. The molecule has 2 rings (SSSR count). The Bertz CT molecular complexity index is 849. The number of amides is 1. The van der Waals surface area contributed by atoms with Crippen molar-refractivity contribution in [3.05, 3.63) is 33.8 Å². The molecule has 1 heterocycles. The number of hydrogen-bond donors (Lipinski definition) is 1. The van der Waals surface area contributed by atoms with E-state index in [1.54, 1.807) is 6.07 Å². The Hall–Kier alpha value is -2.10. The lowest BCUT2D eigenvalue weighted by atomic mass is 9.66. The first-order valence-electron chi connectivity index (χ1n) is 9.78. The number of carbonyl (C=O) groups excluding carboxylic acids is 4. The molecule has 0 bridgehead atoms. The molecule has 1 aliphatic rings. The summed E-state index contributed by atoms with van der Waals surface area (Å²) in [7, 11) is 0.261. The van der Waals surface area contributed by atoms with Gasteiger partial charge in [-0.25, -0.2) is 0 Å². The van der Waals surface area contributed by atoms with Crippen LogP contribution in [0.3, 0.4) is 0 Å². The molecule has 0 unspecified atom stereocenters. The Kier molecular flexibility index (Phi) is 9.34. The van der Waals surface area contributed by atoms with Crippen molar-refractivity contribution in [1.29, 1.82) is 0 Å². The first-order chi connectivity index (χ1) is 14.6. The Morgan fingerprint density at radius 3 is 2.61 bits per heavy atom. The summed E-state index contributed by atoms with van der Waals surface area (Å²) >= 11 is 11.9. The van der Waals surface area contributed by atoms with Crippen molar-refractivity contribution >= 4 is 53.9 Å². The number of nitrogens with one attached hydrogen (secondary N) is 1. The topological polar surface area (TPSA) is 108 Å². The van der Waals surface area contributed by atoms with Crippen LogP contribution in [-0.4, -0.2) is 50.5 Å². The summed E-state index contributed by atoms with van der Waals surface area (Å²) in [6, 6.07) is 4.47. The van der Waals surface area contributed by atoms with Crippen LogP contribution in [0.5, 0.6) is 0 Å². The van der Waals surface area contributed by atoms with Crippen LogP contribution in [0.15, 0.2) is 18.2 Å². The van der Waals surface area contributed by atoms with Crippen molar-refractivity contribution in [3.8, 4) is 0 Å². The van der Waals surface area contributed by atoms with Gasteiger partial charge in [-0.1, -0.05) is 37.0 Å². The summed E-state index contributed by atoms with van der Waals surface area (Å²) in [5.41, 5.74) is 0.166. The number of rotatable bonds is 10. The van der Waals surface area contributed by atoms with Crippen LogP contribution in [0.1, 0.15) is 43.5 Å². The maximum atomic E-state index is 12.5. The standard InChI is InChI=1S/C20H24BCl2NO7/c1-11(2)6-12(21-30-17(20(28)31-21)9-18(26)29-3)7-14(25)10-24-19(27)15-8-13(22)4-5-16(15)23/h4-5,8,11-12,17H,6-7,9-10H2,1-3H3,(H,24,27)/t12-,17+/m1/s1. The van der Waals surface area contributed by atoms with Crippen molar-refractivity contribution in [2.24, 2.45) is 5.92 Å². The second kappa shape index (κ2) is 11.5. The van der Waals surface area contributed by atoms with Crippen LogP contribution >= 0.6 is 23.2 Å². The highest BCUT2D eigenvalue weighted by atomic mass is 35.5. The van der Waals surface area contributed by atoms with Crippen LogP contribution in [0.2, 0.25) is 15.9 Å². The predicted octanol–water partition coefficient (Wildman–Crippen LogP) is 3.09. The second-order valence-corrected chi connectivity index (χ2v) is 8.49. The maximum absolute atomic E-state index is 12.5.